The molecule has 0 fully saturated rings. The van der Waals surface area contributed by atoms with Gasteiger partial charge >= 0.3 is 6.18 Å². The van der Waals surface area contributed by atoms with Crippen LogP contribution in [-0.2, 0) is 11.0 Å². The molecule has 1 heterocycles. The Kier molecular flexibility index (Phi) is 5.26. The van der Waals surface area contributed by atoms with Crippen molar-refractivity contribution < 1.29 is 27.4 Å². The molecule has 27 heavy (non-hydrogen) atoms. The van der Waals surface area contributed by atoms with Gasteiger partial charge in [-0.15, -0.1) is 0 Å². The topological polar surface area (TPSA) is 47.6 Å². The van der Waals surface area contributed by atoms with Crippen molar-refractivity contribution in [3.8, 4) is 23.3 Å². The van der Waals surface area contributed by atoms with Crippen molar-refractivity contribution in [2.24, 2.45) is 0 Å². The highest BCUT2D eigenvalue weighted by Crippen LogP contribution is 2.33. The molecule has 1 aliphatic rings. The summed E-state index contributed by atoms with van der Waals surface area (Å²) in [6.45, 7) is 1.69. The van der Waals surface area contributed by atoms with E-state index >= 15 is 0 Å². The van der Waals surface area contributed by atoms with Gasteiger partial charge in [-0.1, -0.05) is 30.0 Å². The number of carbonyl (C=O) groups is 1. The quantitative estimate of drug-likeness (QED) is 0.819. The second-order valence-corrected chi connectivity index (χ2v) is 5.91. The molecule has 7 heteroatoms. The molecule has 1 N–H and O–H groups in total. The molecule has 0 saturated carbocycles. The smallest absolute Gasteiger partial charge is 0.416 e. The van der Waals surface area contributed by atoms with Gasteiger partial charge < -0.3 is 14.8 Å². The fourth-order valence-electron chi connectivity index (χ4n) is 2.56. The summed E-state index contributed by atoms with van der Waals surface area (Å²) >= 11 is 0. The van der Waals surface area contributed by atoms with Crippen LogP contribution in [0.15, 0.2) is 48.5 Å². The average Bonchev–Trinajstić information content (AvgIpc) is 2.64. The number of fused-ring (bicyclic) bond motifs is 1. The van der Waals surface area contributed by atoms with E-state index in [1.165, 1.54) is 12.1 Å². The Hall–Kier alpha value is -3.14. The molecule has 4 nitrogen and oxygen atoms in total. The minimum Gasteiger partial charge on any atom is -0.482 e. The Labute approximate surface area is 154 Å². The first-order chi connectivity index (χ1) is 12.8. The van der Waals surface area contributed by atoms with E-state index < -0.39 is 29.9 Å². The van der Waals surface area contributed by atoms with E-state index in [0.717, 1.165) is 12.1 Å². The lowest BCUT2D eigenvalue weighted by molar-refractivity contribution is -0.137. The molecular formula is C20H16F3NO3. The zero-order chi connectivity index (χ0) is 19.4. The Balaban J connectivity index is 1.59. The fourth-order valence-corrected chi connectivity index (χ4v) is 2.56. The van der Waals surface area contributed by atoms with Crippen LogP contribution in [-0.4, -0.2) is 24.7 Å². The minimum absolute atomic E-state index is 0.0245. The van der Waals surface area contributed by atoms with Crippen molar-refractivity contribution in [1.29, 1.82) is 0 Å². The summed E-state index contributed by atoms with van der Waals surface area (Å²) in [4.78, 5) is 12.3. The van der Waals surface area contributed by atoms with E-state index in [4.69, 9.17) is 9.47 Å². The number of amides is 1. The summed E-state index contributed by atoms with van der Waals surface area (Å²) in [7, 11) is 0. The molecule has 2 aromatic rings. The predicted octanol–water partition coefficient (Wildman–Crippen LogP) is 3.40. The van der Waals surface area contributed by atoms with Crippen LogP contribution in [0.2, 0.25) is 0 Å². The SMILES string of the molecule is CC1Oc2ccccc2OC1C(=O)NCC#Cc1cccc(C(F)(F)F)c1. The molecule has 1 aliphatic heterocycles. The highest BCUT2D eigenvalue weighted by atomic mass is 19.4. The van der Waals surface area contributed by atoms with Gasteiger partial charge in [0.1, 0.15) is 6.10 Å². The molecule has 2 aromatic carbocycles. The van der Waals surface area contributed by atoms with E-state index in [1.54, 1.807) is 31.2 Å². The maximum atomic E-state index is 12.7. The van der Waals surface area contributed by atoms with Crippen LogP contribution in [0.25, 0.3) is 0 Å². The minimum atomic E-state index is -4.42. The van der Waals surface area contributed by atoms with Gasteiger partial charge in [0.15, 0.2) is 11.5 Å². The van der Waals surface area contributed by atoms with E-state index in [0.29, 0.717) is 11.5 Å². The molecule has 0 radical (unpaired) electrons. The number of rotatable bonds is 2. The molecule has 0 aliphatic carbocycles. The van der Waals surface area contributed by atoms with E-state index in [2.05, 4.69) is 17.2 Å². The normalized spacial score (nSPS) is 18.2. The molecule has 0 spiro atoms. The molecule has 2 atom stereocenters. The maximum Gasteiger partial charge on any atom is 0.416 e. The lowest BCUT2D eigenvalue weighted by Crippen LogP contribution is -2.49. The molecule has 1 amide bonds. The van der Waals surface area contributed by atoms with Crippen molar-refractivity contribution in [2.75, 3.05) is 6.54 Å². The van der Waals surface area contributed by atoms with Crippen molar-refractivity contribution in [3.63, 3.8) is 0 Å². The summed E-state index contributed by atoms with van der Waals surface area (Å²) in [6, 6.07) is 11.7. The number of benzene rings is 2. The molecule has 0 saturated heterocycles. The fraction of sp³-hybridized carbons (Fsp3) is 0.250. The molecule has 140 valence electrons. The lowest BCUT2D eigenvalue weighted by atomic mass is 10.1. The zero-order valence-corrected chi connectivity index (χ0v) is 14.3. The molecule has 3 rings (SSSR count). The van der Waals surface area contributed by atoms with Crippen LogP contribution in [0.5, 0.6) is 11.5 Å². The van der Waals surface area contributed by atoms with Crippen molar-refractivity contribution in [3.05, 3.63) is 59.7 Å². The highest BCUT2D eigenvalue weighted by molar-refractivity contribution is 5.82. The number of carbonyl (C=O) groups excluding carboxylic acids is 1. The number of nitrogens with one attached hydrogen (secondary N) is 1. The Morgan fingerprint density at radius 1 is 1.11 bits per heavy atom. The zero-order valence-electron chi connectivity index (χ0n) is 14.3. The summed E-state index contributed by atoms with van der Waals surface area (Å²) in [6.07, 6.45) is -5.75. The van der Waals surface area contributed by atoms with Gasteiger partial charge in [0.05, 0.1) is 12.1 Å². The van der Waals surface area contributed by atoms with Crippen molar-refractivity contribution in [2.45, 2.75) is 25.3 Å². The summed E-state index contributed by atoms with van der Waals surface area (Å²) in [5.41, 5.74) is -0.544. The second kappa shape index (κ2) is 7.62. The molecule has 0 aromatic heterocycles. The van der Waals surface area contributed by atoms with Gasteiger partial charge in [-0.2, -0.15) is 13.2 Å². The van der Waals surface area contributed by atoms with Crippen LogP contribution >= 0.6 is 0 Å². The highest BCUT2D eigenvalue weighted by Gasteiger charge is 2.33. The third kappa shape index (κ3) is 4.53. The van der Waals surface area contributed by atoms with Gasteiger partial charge in [-0.25, -0.2) is 0 Å². The summed E-state index contributed by atoms with van der Waals surface area (Å²) in [5.74, 6) is 5.88. The van der Waals surface area contributed by atoms with E-state index in [1.807, 2.05) is 0 Å². The average molecular weight is 375 g/mol. The third-order valence-electron chi connectivity index (χ3n) is 3.87. The van der Waals surface area contributed by atoms with Crippen molar-refractivity contribution >= 4 is 5.91 Å². The van der Waals surface area contributed by atoms with Crippen LogP contribution in [0.3, 0.4) is 0 Å². The number of hydrogen-bond donors (Lipinski definition) is 1. The number of alkyl halides is 3. The predicted molar refractivity (Wildman–Crippen MR) is 92.3 cm³/mol. The monoisotopic (exact) mass is 375 g/mol. The van der Waals surface area contributed by atoms with Crippen molar-refractivity contribution in [1.82, 2.24) is 5.32 Å². The Bertz CT molecular complexity index is 899. The summed E-state index contributed by atoms with van der Waals surface area (Å²) < 4.78 is 49.4. The van der Waals surface area contributed by atoms with Gasteiger partial charge in [-0.05, 0) is 37.3 Å². The number of hydrogen-bond acceptors (Lipinski definition) is 3. The Morgan fingerprint density at radius 3 is 2.52 bits per heavy atom. The Morgan fingerprint density at radius 2 is 1.81 bits per heavy atom. The second-order valence-electron chi connectivity index (χ2n) is 5.91. The van der Waals surface area contributed by atoms with Crippen LogP contribution in [0.1, 0.15) is 18.1 Å². The lowest BCUT2D eigenvalue weighted by Gasteiger charge is -2.30. The van der Waals surface area contributed by atoms with Crippen LogP contribution < -0.4 is 14.8 Å². The first kappa shape index (κ1) is 18.6. The van der Waals surface area contributed by atoms with Gasteiger partial charge in [0.25, 0.3) is 5.91 Å². The summed E-state index contributed by atoms with van der Waals surface area (Å²) in [5, 5.41) is 2.59. The first-order valence-electron chi connectivity index (χ1n) is 8.21. The van der Waals surface area contributed by atoms with E-state index in [-0.39, 0.29) is 12.1 Å². The van der Waals surface area contributed by atoms with Gasteiger partial charge in [0, 0.05) is 5.56 Å². The molecular weight excluding hydrogens is 359 g/mol. The molecule has 0 bridgehead atoms. The first-order valence-corrected chi connectivity index (χ1v) is 8.21. The number of para-hydroxylation sites is 2. The van der Waals surface area contributed by atoms with Crippen LogP contribution in [0.4, 0.5) is 13.2 Å². The largest absolute Gasteiger partial charge is 0.482 e. The van der Waals surface area contributed by atoms with Crippen LogP contribution in [0, 0.1) is 11.8 Å². The molecule has 2 unspecified atom stereocenters. The number of halogens is 3. The van der Waals surface area contributed by atoms with Gasteiger partial charge in [-0.3, -0.25) is 4.79 Å². The number of ether oxygens (including phenoxy) is 2. The van der Waals surface area contributed by atoms with Gasteiger partial charge in [0.2, 0.25) is 6.10 Å². The maximum absolute atomic E-state index is 12.7. The van der Waals surface area contributed by atoms with E-state index in [9.17, 15) is 18.0 Å². The standard InChI is InChI=1S/C20H16F3NO3/c1-13-18(27-17-10-3-2-9-16(17)26-13)19(25)24-11-5-7-14-6-4-8-15(12-14)20(21,22)23/h2-4,6,8-10,12-13,18H,11H2,1H3,(H,24,25). The third-order valence-corrected chi connectivity index (χ3v) is 3.87.